The predicted octanol–water partition coefficient (Wildman–Crippen LogP) is 4.20. The van der Waals surface area contributed by atoms with E-state index in [1.165, 1.54) is 0 Å². The fraction of sp³-hybridized carbons (Fsp3) is 0.462. The topological polar surface area (TPSA) is 26.3 Å². The van der Waals surface area contributed by atoms with Gasteiger partial charge in [0.25, 0.3) is 0 Å². The highest BCUT2D eigenvalue weighted by Crippen LogP contribution is 2.22. The molecule has 1 heterocycles. The van der Waals surface area contributed by atoms with Crippen LogP contribution in [0.3, 0.4) is 0 Å². The summed E-state index contributed by atoms with van der Waals surface area (Å²) < 4.78 is 7.50. The summed E-state index contributed by atoms with van der Waals surface area (Å²) in [6.07, 6.45) is 3.96. The van der Waals surface area contributed by atoms with Crippen molar-refractivity contribution in [2.45, 2.75) is 31.8 Å². The summed E-state index contributed by atoms with van der Waals surface area (Å²) >= 11 is 5.61. The molecule has 1 unspecified atom stereocenters. The maximum absolute atomic E-state index is 12.1. The first-order valence-electron chi connectivity index (χ1n) is 5.76. The van der Waals surface area contributed by atoms with Crippen LogP contribution in [0.15, 0.2) is 22.7 Å². The Kier molecular flexibility index (Phi) is 4.99. The van der Waals surface area contributed by atoms with Crippen molar-refractivity contribution in [2.24, 2.45) is 0 Å². The average Bonchev–Trinajstić information content (AvgIpc) is 2.82. The molecule has 0 aromatic heterocycles. The molecule has 4 heteroatoms. The van der Waals surface area contributed by atoms with Crippen LogP contribution in [0.5, 0.6) is 0 Å². The van der Waals surface area contributed by atoms with Crippen molar-refractivity contribution >= 4 is 44.3 Å². The molecule has 0 amide bonds. The van der Waals surface area contributed by atoms with E-state index < -0.39 is 0 Å². The summed E-state index contributed by atoms with van der Waals surface area (Å²) in [6, 6.07) is 5.82. The fourth-order valence-electron chi connectivity index (χ4n) is 2.01. The van der Waals surface area contributed by atoms with Gasteiger partial charge in [-0.25, -0.2) is 0 Å². The van der Waals surface area contributed by atoms with Crippen molar-refractivity contribution in [1.29, 1.82) is 0 Å². The van der Waals surface area contributed by atoms with Crippen molar-refractivity contribution in [3.63, 3.8) is 0 Å². The summed E-state index contributed by atoms with van der Waals surface area (Å²) in [5, 5.41) is 0. The first kappa shape index (κ1) is 13.5. The zero-order valence-corrected chi connectivity index (χ0v) is 13.2. The molecule has 0 N–H and O–H groups in total. The molecule has 0 aliphatic carbocycles. The number of carbonyl (C=O) groups is 1. The molecule has 1 aliphatic heterocycles. The molecule has 92 valence electrons. The van der Waals surface area contributed by atoms with Crippen LogP contribution in [0.2, 0.25) is 0 Å². The Morgan fingerprint density at radius 3 is 3.06 bits per heavy atom. The summed E-state index contributed by atoms with van der Waals surface area (Å²) in [4.78, 5) is 12.1. The number of benzene rings is 1. The van der Waals surface area contributed by atoms with E-state index >= 15 is 0 Å². The number of Topliss-reactive ketones (excluding diaryl/α,β-unsaturated/α-hetero) is 1. The third kappa shape index (κ3) is 3.76. The van der Waals surface area contributed by atoms with Crippen LogP contribution in [-0.2, 0) is 4.74 Å². The third-order valence-corrected chi connectivity index (χ3v) is 4.38. The number of ether oxygens (including phenoxy) is 1. The van der Waals surface area contributed by atoms with E-state index in [1.54, 1.807) is 0 Å². The van der Waals surface area contributed by atoms with Gasteiger partial charge in [0.1, 0.15) is 0 Å². The van der Waals surface area contributed by atoms with Gasteiger partial charge in [0, 0.05) is 26.6 Å². The van der Waals surface area contributed by atoms with Gasteiger partial charge in [-0.2, -0.15) is 0 Å². The molecule has 1 atom stereocenters. The Morgan fingerprint density at radius 1 is 1.53 bits per heavy atom. The molecule has 1 saturated heterocycles. The highest BCUT2D eigenvalue weighted by atomic mass is 127. The summed E-state index contributed by atoms with van der Waals surface area (Å²) in [5.74, 6) is 0.214. The van der Waals surface area contributed by atoms with Crippen molar-refractivity contribution in [3.8, 4) is 0 Å². The molecule has 0 bridgehead atoms. The molecular weight excluding hydrogens is 395 g/mol. The van der Waals surface area contributed by atoms with E-state index in [4.69, 9.17) is 4.74 Å². The van der Waals surface area contributed by atoms with Crippen LogP contribution in [0.1, 0.15) is 36.0 Å². The zero-order valence-electron chi connectivity index (χ0n) is 9.42. The van der Waals surface area contributed by atoms with Gasteiger partial charge in [-0.15, -0.1) is 0 Å². The van der Waals surface area contributed by atoms with Crippen LogP contribution < -0.4 is 0 Å². The lowest BCUT2D eigenvalue weighted by molar-refractivity contribution is 0.0858. The van der Waals surface area contributed by atoms with Crippen molar-refractivity contribution < 1.29 is 9.53 Å². The molecule has 2 nitrogen and oxygen atoms in total. The lowest BCUT2D eigenvalue weighted by Crippen LogP contribution is -2.09. The van der Waals surface area contributed by atoms with E-state index in [9.17, 15) is 4.79 Å². The van der Waals surface area contributed by atoms with E-state index in [-0.39, 0.29) is 5.78 Å². The second kappa shape index (κ2) is 6.29. The van der Waals surface area contributed by atoms with Gasteiger partial charge < -0.3 is 4.74 Å². The molecular formula is C13H14BrIO2. The van der Waals surface area contributed by atoms with Gasteiger partial charge in [0.2, 0.25) is 0 Å². The predicted molar refractivity (Wildman–Crippen MR) is 79.4 cm³/mol. The van der Waals surface area contributed by atoms with E-state index in [0.717, 1.165) is 39.5 Å². The molecule has 1 fully saturated rings. The lowest BCUT2D eigenvalue weighted by atomic mass is 10.0. The minimum Gasteiger partial charge on any atom is -0.378 e. The molecule has 2 rings (SSSR count). The van der Waals surface area contributed by atoms with Crippen LogP contribution in [0, 0.1) is 3.57 Å². The third-order valence-electron chi connectivity index (χ3n) is 2.95. The van der Waals surface area contributed by atoms with E-state index in [0.29, 0.717) is 12.5 Å². The van der Waals surface area contributed by atoms with Gasteiger partial charge in [-0.05, 0) is 60.1 Å². The van der Waals surface area contributed by atoms with Crippen LogP contribution >= 0.6 is 38.5 Å². The molecule has 1 aromatic carbocycles. The first-order valence-corrected chi connectivity index (χ1v) is 7.64. The first-order chi connectivity index (χ1) is 8.16. The molecule has 1 aliphatic rings. The smallest absolute Gasteiger partial charge is 0.164 e. The molecule has 0 saturated carbocycles. The maximum atomic E-state index is 12.1. The zero-order chi connectivity index (χ0) is 12.3. The van der Waals surface area contributed by atoms with Crippen LogP contribution in [0.25, 0.3) is 0 Å². The largest absolute Gasteiger partial charge is 0.378 e. The summed E-state index contributed by atoms with van der Waals surface area (Å²) in [7, 11) is 0. The van der Waals surface area contributed by atoms with E-state index in [2.05, 4.69) is 38.5 Å². The number of halogens is 2. The van der Waals surface area contributed by atoms with Gasteiger partial charge >= 0.3 is 0 Å². The second-order valence-corrected chi connectivity index (χ2v) is 6.30. The highest BCUT2D eigenvalue weighted by molar-refractivity contribution is 14.1. The monoisotopic (exact) mass is 408 g/mol. The SMILES string of the molecule is O=C(CCC1CCCO1)c1cc(Br)ccc1I. The normalized spacial score (nSPS) is 19.5. The Labute approximate surface area is 123 Å². The van der Waals surface area contributed by atoms with Crippen molar-refractivity contribution in [3.05, 3.63) is 31.8 Å². The second-order valence-electron chi connectivity index (χ2n) is 4.22. The fourth-order valence-corrected chi connectivity index (χ4v) is 3.01. The molecule has 17 heavy (non-hydrogen) atoms. The number of hydrogen-bond donors (Lipinski definition) is 0. The highest BCUT2D eigenvalue weighted by Gasteiger charge is 2.18. The van der Waals surface area contributed by atoms with Crippen LogP contribution in [0.4, 0.5) is 0 Å². The number of hydrogen-bond acceptors (Lipinski definition) is 2. The molecule has 0 spiro atoms. The lowest BCUT2D eigenvalue weighted by Gasteiger charge is -2.09. The van der Waals surface area contributed by atoms with Crippen molar-refractivity contribution in [2.75, 3.05) is 6.61 Å². The quantitative estimate of drug-likeness (QED) is 0.551. The minimum absolute atomic E-state index is 0.214. The molecule has 1 aromatic rings. The Balaban J connectivity index is 1.96. The van der Waals surface area contributed by atoms with Gasteiger partial charge in [-0.3, -0.25) is 4.79 Å². The van der Waals surface area contributed by atoms with Crippen LogP contribution in [-0.4, -0.2) is 18.5 Å². The Hall–Kier alpha value is 0.0600. The minimum atomic E-state index is 0.214. The summed E-state index contributed by atoms with van der Waals surface area (Å²) in [5.41, 5.74) is 0.818. The maximum Gasteiger partial charge on any atom is 0.164 e. The summed E-state index contributed by atoms with van der Waals surface area (Å²) in [6.45, 7) is 0.854. The average molecular weight is 409 g/mol. The van der Waals surface area contributed by atoms with Gasteiger partial charge in [0.15, 0.2) is 5.78 Å². The molecule has 0 radical (unpaired) electrons. The van der Waals surface area contributed by atoms with Gasteiger partial charge in [0.05, 0.1) is 6.10 Å². The van der Waals surface area contributed by atoms with E-state index in [1.807, 2.05) is 18.2 Å². The number of carbonyl (C=O) groups excluding carboxylic acids is 1. The Bertz CT molecular complexity index is 414. The standard InChI is InChI=1S/C13H14BrIO2/c14-9-3-5-12(15)11(8-9)13(16)6-4-10-2-1-7-17-10/h3,5,8,10H,1-2,4,6-7H2. The van der Waals surface area contributed by atoms with Gasteiger partial charge in [-0.1, -0.05) is 15.9 Å². The Morgan fingerprint density at radius 2 is 2.35 bits per heavy atom. The number of rotatable bonds is 4. The number of ketones is 1. The van der Waals surface area contributed by atoms with Crippen molar-refractivity contribution in [1.82, 2.24) is 0 Å².